The summed E-state index contributed by atoms with van der Waals surface area (Å²) in [6, 6.07) is 30.2. The molecule has 1 aromatic heterocycles. The summed E-state index contributed by atoms with van der Waals surface area (Å²) < 4.78 is 7.93. The van der Waals surface area contributed by atoms with Crippen molar-refractivity contribution < 1.29 is 14.9 Å². The molecule has 1 saturated heterocycles. The molecule has 35 heavy (non-hydrogen) atoms. The van der Waals surface area contributed by atoms with E-state index >= 15 is 0 Å². The molecule has 0 bridgehead atoms. The molecule has 3 aromatic carbocycles. The smallest absolute Gasteiger partial charge is 0.330 e. The number of aromatic nitrogens is 2. The van der Waals surface area contributed by atoms with Crippen LogP contribution in [0.25, 0.3) is 0 Å². The molecule has 7 nitrogen and oxygen atoms in total. The first kappa shape index (κ1) is 23.0. The zero-order valence-electron chi connectivity index (χ0n) is 19.0. The van der Waals surface area contributed by atoms with Gasteiger partial charge in [0.15, 0.2) is 5.72 Å². The Morgan fingerprint density at radius 3 is 1.74 bits per heavy atom. The highest BCUT2D eigenvalue weighted by Gasteiger charge is 2.63. The summed E-state index contributed by atoms with van der Waals surface area (Å²) in [6.07, 6.45) is -0.612. The molecule has 0 unspecified atom stereocenters. The molecule has 1 aliphatic rings. The molecule has 0 amide bonds. The van der Waals surface area contributed by atoms with Gasteiger partial charge in [0, 0.05) is 18.7 Å². The van der Waals surface area contributed by atoms with Crippen molar-refractivity contribution in [1.82, 2.24) is 9.55 Å². The normalized spacial score (nSPS) is 22.2. The Balaban J connectivity index is 1.99. The van der Waals surface area contributed by atoms with Crippen LogP contribution in [0.1, 0.15) is 23.1 Å². The van der Waals surface area contributed by atoms with E-state index in [1.54, 1.807) is 0 Å². The minimum atomic E-state index is -1.54. The summed E-state index contributed by atoms with van der Waals surface area (Å²) >= 11 is 0. The lowest BCUT2D eigenvalue weighted by atomic mass is 9.61. The molecule has 0 aliphatic carbocycles. The van der Waals surface area contributed by atoms with Crippen LogP contribution in [0.15, 0.2) is 113 Å². The number of benzene rings is 3. The van der Waals surface area contributed by atoms with E-state index in [1.807, 2.05) is 91.0 Å². The van der Waals surface area contributed by atoms with Crippen molar-refractivity contribution in [3.8, 4) is 0 Å². The lowest BCUT2D eigenvalue weighted by Gasteiger charge is -2.50. The third kappa shape index (κ3) is 3.56. The molecule has 0 spiro atoms. The molecule has 2 heterocycles. The van der Waals surface area contributed by atoms with Gasteiger partial charge < -0.3 is 14.9 Å². The number of nitrogens with one attached hydrogen (secondary N) is 1. The van der Waals surface area contributed by atoms with Crippen molar-refractivity contribution in [2.75, 3.05) is 6.61 Å². The maximum absolute atomic E-state index is 13.4. The van der Waals surface area contributed by atoms with Crippen LogP contribution in [0.5, 0.6) is 0 Å². The fourth-order valence-corrected chi connectivity index (χ4v) is 5.47. The van der Waals surface area contributed by atoms with Crippen molar-refractivity contribution in [3.05, 3.63) is 141 Å². The molecule has 0 saturated carbocycles. The Bertz CT molecular complexity index is 1310. The third-order valence-corrected chi connectivity index (χ3v) is 6.86. The Morgan fingerprint density at radius 2 is 1.34 bits per heavy atom. The second-order valence-electron chi connectivity index (χ2n) is 8.72. The van der Waals surface area contributed by atoms with Gasteiger partial charge in [-0.2, -0.15) is 0 Å². The van der Waals surface area contributed by atoms with Gasteiger partial charge >= 0.3 is 5.69 Å². The van der Waals surface area contributed by atoms with Crippen LogP contribution in [-0.2, 0) is 15.9 Å². The molecular weight excluding hydrogens is 444 g/mol. The fraction of sp³-hybridized carbons (Fsp3) is 0.214. The van der Waals surface area contributed by atoms with E-state index in [0.717, 1.165) is 16.7 Å². The van der Waals surface area contributed by atoms with Gasteiger partial charge in [0.2, 0.25) is 0 Å². The Kier molecular flexibility index (Phi) is 5.98. The summed E-state index contributed by atoms with van der Waals surface area (Å²) in [6.45, 7) is -0.435. The second-order valence-corrected chi connectivity index (χ2v) is 8.72. The van der Waals surface area contributed by atoms with Crippen molar-refractivity contribution >= 4 is 0 Å². The Hall–Kier alpha value is -3.78. The number of nitrogens with zero attached hydrogens (tertiary/aromatic N) is 1. The first-order valence-electron chi connectivity index (χ1n) is 11.5. The predicted molar refractivity (Wildman–Crippen MR) is 131 cm³/mol. The van der Waals surface area contributed by atoms with Crippen molar-refractivity contribution in [1.29, 1.82) is 0 Å². The van der Waals surface area contributed by atoms with Gasteiger partial charge in [-0.15, -0.1) is 0 Å². The SMILES string of the molecule is O=c1ccn([C@@]2(C(c3ccccc3)(c3ccccc3)c3ccccc3)C[C@H](O)[C@@H](CO)O2)c(=O)[nH]1. The molecule has 3 atom stereocenters. The number of H-pyrrole nitrogens is 1. The number of aliphatic hydroxyl groups excluding tert-OH is 2. The van der Waals surface area contributed by atoms with Gasteiger partial charge in [-0.1, -0.05) is 91.0 Å². The van der Waals surface area contributed by atoms with E-state index in [9.17, 15) is 19.8 Å². The monoisotopic (exact) mass is 470 g/mol. The first-order valence-corrected chi connectivity index (χ1v) is 11.5. The molecule has 3 N–H and O–H groups in total. The van der Waals surface area contributed by atoms with Crippen LogP contribution in [0.2, 0.25) is 0 Å². The average Bonchev–Trinajstić information content (AvgIpc) is 3.23. The van der Waals surface area contributed by atoms with Crippen LogP contribution >= 0.6 is 0 Å². The van der Waals surface area contributed by atoms with E-state index in [0.29, 0.717) is 0 Å². The van der Waals surface area contributed by atoms with E-state index in [1.165, 1.54) is 16.8 Å². The van der Waals surface area contributed by atoms with Crippen molar-refractivity contribution in [2.24, 2.45) is 0 Å². The number of aliphatic hydroxyl groups is 2. The van der Waals surface area contributed by atoms with Crippen LogP contribution in [0, 0.1) is 0 Å². The van der Waals surface area contributed by atoms with Crippen LogP contribution in [-0.4, -0.2) is 38.6 Å². The summed E-state index contributed by atoms with van der Waals surface area (Å²) in [5.74, 6) is 0. The quantitative estimate of drug-likeness (QED) is 0.376. The fourth-order valence-electron chi connectivity index (χ4n) is 5.47. The van der Waals surface area contributed by atoms with Gasteiger partial charge in [0.25, 0.3) is 5.56 Å². The molecule has 5 rings (SSSR count). The maximum Gasteiger partial charge on any atom is 0.330 e. The zero-order valence-corrected chi connectivity index (χ0v) is 19.0. The van der Waals surface area contributed by atoms with E-state index < -0.39 is 41.2 Å². The predicted octanol–water partition coefficient (Wildman–Crippen LogP) is 2.37. The van der Waals surface area contributed by atoms with E-state index in [4.69, 9.17) is 4.74 Å². The second kappa shape index (κ2) is 9.11. The highest BCUT2D eigenvalue weighted by molar-refractivity contribution is 5.53. The molecule has 7 heteroatoms. The van der Waals surface area contributed by atoms with E-state index in [2.05, 4.69) is 4.98 Å². The molecule has 4 aromatic rings. The summed E-state index contributed by atoms with van der Waals surface area (Å²) in [5.41, 5.74) is -1.43. The number of hydrogen-bond donors (Lipinski definition) is 3. The summed E-state index contributed by atoms with van der Waals surface area (Å²) in [4.78, 5) is 27.7. The molecule has 1 fully saturated rings. The summed E-state index contributed by atoms with van der Waals surface area (Å²) in [7, 11) is 0. The average molecular weight is 471 g/mol. The highest BCUT2D eigenvalue weighted by atomic mass is 16.6. The molecular formula is C28H26N2O5. The first-order chi connectivity index (χ1) is 17.0. The lowest BCUT2D eigenvalue weighted by molar-refractivity contribution is -0.147. The van der Waals surface area contributed by atoms with Gasteiger partial charge in [-0.25, -0.2) is 4.79 Å². The maximum atomic E-state index is 13.4. The van der Waals surface area contributed by atoms with Crippen molar-refractivity contribution in [3.63, 3.8) is 0 Å². The van der Waals surface area contributed by atoms with Gasteiger partial charge in [0.1, 0.15) is 6.10 Å². The number of rotatable bonds is 6. The van der Waals surface area contributed by atoms with Crippen LogP contribution < -0.4 is 11.2 Å². The molecule has 1 aliphatic heterocycles. The number of hydrogen-bond acceptors (Lipinski definition) is 5. The van der Waals surface area contributed by atoms with Gasteiger partial charge in [-0.3, -0.25) is 14.3 Å². The molecule has 0 radical (unpaired) electrons. The van der Waals surface area contributed by atoms with Gasteiger partial charge in [-0.05, 0) is 16.7 Å². The standard InChI is InChI=1S/C28H26N2O5/c31-19-24-23(32)18-27(35-24,30-17-16-25(33)29-26(30)34)28(20-10-4-1-5-11-20,21-12-6-2-7-13-21)22-14-8-3-9-15-22/h1-17,23-24,31-32H,18-19H2,(H,29,33,34)/t23-,24+,27-/m0/s1. The van der Waals surface area contributed by atoms with Crippen LogP contribution in [0.3, 0.4) is 0 Å². The Morgan fingerprint density at radius 1 is 0.857 bits per heavy atom. The highest BCUT2D eigenvalue weighted by Crippen LogP contribution is 2.56. The minimum absolute atomic E-state index is 0.0111. The summed E-state index contributed by atoms with van der Waals surface area (Å²) in [5, 5.41) is 21.1. The number of ether oxygens (including phenoxy) is 1. The number of aromatic amines is 1. The Labute approximate surface area is 201 Å². The lowest BCUT2D eigenvalue weighted by Crippen LogP contribution is -2.59. The van der Waals surface area contributed by atoms with Crippen LogP contribution in [0.4, 0.5) is 0 Å². The van der Waals surface area contributed by atoms with E-state index in [-0.39, 0.29) is 6.42 Å². The minimum Gasteiger partial charge on any atom is -0.394 e. The van der Waals surface area contributed by atoms with Crippen molar-refractivity contribution in [2.45, 2.75) is 29.8 Å². The topological polar surface area (TPSA) is 105 Å². The van der Waals surface area contributed by atoms with Gasteiger partial charge in [0.05, 0.1) is 18.1 Å². The third-order valence-electron chi connectivity index (χ3n) is 6.86. The largest absolute Gasteiger partial charge is 0.394 e. The zero-order chi connectivity index (χ0) is 24.5. The molecule has 178 valence electrons.